The number of hydrogen-bond acceptors (Lipinski definition) is 3. The second-order valence-corrected chi connectivity index (χ2v) is 3.98. The second kappa shape index (κ2) is 4.73. The molecule has 0 saturated carbocycles. The van der Waals surface area contributed by atoms with Crippen molar-refractivity contribution in [3.05, 3.63) is 29.0 Å². The predicted molar refractivity (Wildman–Crippen MR) is 55.5 cm³/mol. The smallest absolute Gasteiger partial charge is 0.0892 e. The quantitative estimate of drug-likeness (QED) is 0.831. The third-order valence-electron chi connectivity index (χ3n) is 1.88. The summed E-state index contributed by atoms with van der Waals surface area (Å²) in [6.45, 7) is 2.00. The molecule has 1 heterocycles. The Hall–Kier alpha value is -0.640. The van der Waals surface area contributed by atoms with Crippen molar-refractivity contribution < 1.29 is 9.84 Å². The first kappa shape index (κ1) is 11.4. The standard InChI is InChI=1S/C10H14ClNO2/c1-10(13,7-14-2)5-8-3-4-12-6-9(8)11/h3-4,6,13H,5,7H2,1-2H3. The number of pyridine rings is 1. The third-order valence-corrected chi connectivity index (χ3v) is 2.22. The predicted octanol–water partition coefficient (Wildman–Crippen LogP) is 1.67. The molecule has 0 fully saturated rings. The lowest BCUT2D eigenvalue weighted by Gasteiger charge is -2.22. The number of nitrogens with zero attached hydrogens (tertiary/aromatic N) is 1. The average molecular weight is 216 g/mol. The lowest BCUT2D eigenvalue weighted by atomic mass is 9.98. The van der Waals surface area contributed by atoms with Gasteiger partial charge in [-0.3, -0.25) is 4.98 Å². The number of rotatable bonds is 4. The minimum atomic E-state index is -0.889. The molecule has 1 rings (SSSR count). The SMILES string of the molecule is COCC(C)(O)Cc1ccncc1Cl. The van der Waals surface area contributed by atoms with E-state index in [1.54, 1.807) is 32.5 Å². The van der Waals surface area contributed by atoms with E-state index in [0.717, 1.165) is 5.56 Å². The number of ether oxygens (including phenoxy) is 1. The Morgan fingerprint density at radius 1 is 1.64 bits per heavy atom. The van der Waals surface area contributed by atoms with Crippen LogP contribution in [0.15, 0.2) is 18.5 Å². The van der Waals surface area contributed by atoms with E-state index in [1.165, 1.54) is 0 Å². The van der Waals surface area contributed by atoms with Gasteiger partial charge in [-0.25, -0.2) is 0 Å². The van der Waals surface area contributed by atoms with Gasteiger partial charge >= 0.3 is 0 Å². The molecular weight excluding hydrogens is 202 g/mol. The van der Waals surface area contributed by atoms with Gasteiger partial charge in [-0.2, -0.15) is 0 Å². The van der Waals surface area contributed by atoms with Crippen LogP contribution in [0.2, 0.25) is 5.02 Å². The Labute approximate surface area is 88.7 Å². The average Bonchev–Trinajstić information content (AvgIpc) is 2.08. The van der Waals surface area contributed by atoms with E-state index in [1.807, 2.05) is 0 Å². The summed E-state index contributed by atoms with van der Waals surface area (Å²) in [7, 11) is 1.56. The van der Waals surface area contributed by atoms with Gasteiger partial charge in [-0.1, -0.05) is 11.6 Å². The largest absolute Gasteiger partial charge is 0.387 e. The Balaban J connectivity index is 2.73. The normalized spacial score (nSPS) is 15.1. The molecule has 0 radical (unpaired) electrons. The van der Waals surface area contributed by atoms with Crippen LogP contribution in [-0.2, 0) is 11.2 Å². The number of aliphatic hydroxyl groups is 1. The molecule has 78 valence electrons. The summed E-state index contributed by atoms with van der Waals surface area (Å²) < 4.78 is 4.91. The Morgan fingerprint density at radius 2 is 2.36 bits per heavy atom. The molecular formula is C10H14ClNO2. The van der Waals surface area contributed by atoms with E-state index >= 15 is 0 Å². The number of aromatic nitrogens is 1. The van der Waals surface area contributed by atoms with Crippen molar-refractivity contribution in [2.45, 2.75) is 18.9 Å². The van der Waals surface area contributed by atoms with Crippen LogP contribution in [0.3, 0.4) is 0 Å². The van der Waals surface area contributed by atoms with E-state index < -0.39 is 5.60 Å². The first-order chi connectivity index (χ1) is 6.55. The van der Waals surface area contributed by atoms with Crippen LogP contribution < -0.4 is 0 Å². The Morgan fingerprint density at radius 3 is 2.93 bits per heavy atom. The molecule has 1 aromatic rings. The first-order valence-electron chi connectivity index (χ1n) is 4.35. The fourth-order valence-electron chi connectivity index (χ4n) is 1.32. The summed E-state index contributed by atoms with van der Waals surface area (Å²) >= 11 is 5.92. The number of halogens is 1. The maximum Gasteiger partial charge on any atom is 0.0892 e. The van der Waals surface area contributed by atoms with Gasteiger partial charge in [0.25, 0.3) is 0 Å². The van der Waals surface area contributed by atoms with Crippen LogP contribution in [0.5, 0.6) is 0 Å². The fourth-order valence-corrected chi connectivity index (χ4v) is 1.51. The van der Waals surface area contributed by atoms with Gasteiger partial charge in [0.05, 0.1) is 17.2 Å². The van der Waals surface area contributed by atoms with Crippen molar-refractivity contribution >= 4 is 11.6 Å². The topological polar surface area (TPSA) is 42.4 Å². The molecule has 1 N–H and O–H groups in total. The van der Waals surface area contributed by atoms with Gasteiger partial charge < -0.3 is 9.84 Å². The monoisotopic (exact) mass is 215 g/mol. The maximum atomic E-state index is 9.89. The molecule has 4 heteroatoms. The molecule has 1 atom stereocenters. The van der Waals surface area contributed by atoms with Gasteiger partial charge in [0.2, 0.25) is 0 Å². The first-order valence-corrected chi connectivity index (χ1v) is 4.73. The lowest BCUT2D eigenvalue weighted by molar-refractivity contribution is -0.0161. The number of methoxy groups -OCH3 is 1. The molecule has 1 aromatic heterocycles. The summed E-state index contributed by atoms with van der Waals surface area (Å²) in [5, 5.41) is 10.5. The summed E-state index contributed by atoms with van der Waals surface area (Å²) in [5.74, 6) is 0. The van der Waals surface area contributed by atoms with E-state index in [2.05, 4.69) is 4.98 Å². The fraction of sp³-hybridized carbons (Fsp3) is 0.500. The molecule has 0 saturated heterocycles. The van der Waals surface area contributed by atoms with Crippen molar-refractivity contribution in [2.75, 3.05) is 13.7 Å². The van der Waals surface area contributed by atoms with Crippen LogP contribution in [0.4, 0.5) is 0 Å². The summed E-state index contributed by atoms with van der Waals surface area (Å²) in [6.07, 6.45) is 3.69. The highest BCUT2D eigenvalue weighted by Gasteiger charge is 2.21. The summed E-state index contributed by atoms with van der Waals surface area (Å²) in [6, 6.07) is 1.80. The van der Waals surface area contributed by atoms with Crippen molar-refractivity contribution in [2.24, 2.45) is 0 Å². The molecule has 3 nitrogen and oxygen atoms in total. The van der Waals surface area contributed by atoms with Crippen molar-refractivity contribution in [3.63, 3.8) is 0 Å². The molecule has 0 aromatic carbocycles. The zero-order valence-corrected chi connectivity index (χ0v) is 9.08. The molecule has 14 heavy (non-hydrogen) atoms. The molecule has 0 aliphatic rings. The molecule has 0 amide bonds. The molecule has 1 unspecified atom stereocenters. The summed E-state index contributed by atoms with van der Waals surface area (Å²) in [5.41, 5.74) is -0.0107. The third kappa shape index (κ3) is 3.25. The van der Waals surface area contributed by atoms with E-state index in [0.29, 0.717) is 11.4 Å². The minimum absolute atomic E-state index is 0.283. The van der Waals surface area contributed by atoms with Crippen molar-refractivity contribution in [3.8, 4) is 0 Å². The highest BCUT2D eigenvalue weighted by molar-refractivity contribution is 6.31. The second-order valence-electron chi connectivity index (χ2n) is 3.57. The van der Waals surface area contributed by atoms with Crippen LogP contribution in [-0.4, -0.2) is 29.4 Å². The highest BCUT2D eigenvalue weighted by Crippen LogP contribution is 2.19. The summed E-state index contributed by atoms with van der Waals surface area (Å²) in [4.78, 5) is 3.88. The molecule has 0 aliphatic carbocycles. The zero-order valence-electron chi connectivity index (χ0n) is 8.33. The molecule has 0 aliphatic heterocycles. The van der Waals surface area contributed by atoms with Crippen molar-refractivity contribution in [1.29, 1.82) is 0 Å². The van der Waals surface area contributed by atoms with Gasteiger partial charge in [0.15, 0.2) is 0 Å². The van der Waals surface area contributed by atoms with Gasteiger partial charge in [0.1, 0.15) is 0 Å². The molecule has 0 bridgehead atoms. The van der Waals surface area contributed by atoms with Crippen LogP contribution in [0.25, 0.3) is 0 Å². The Kier molecular flexibility index (Phi) is 3.86. The lowest BCUT2D eigenvalue weighted by Crippen LogP contribution is -2.32. The minimum Gasteiger partial charge on any atom is -0.387 e. The van der Waals surface area contributed by atoms with Crippen LogP contribution in [0.1, 0.15) is 12.5 Å². The maximum absolute atomic E-state index is 9.89. The Bertz CT molecular complexity index is 302. The van der Waals surface area contributed by atoms with Gasteiger partial charge in [0, 0.05) is 25.9 Å². The van der Waals surface area contributed by atoms with E-state index in [-0.39, 0.29) is 6.61 Å². The number of hydrogen-bond donors (Lipinski definition) is 1. The van der Waals surface area contributed by atoms with Gasteiger partial charge in [-0.15, -0.1) is 0 Å². The van der Waals surface area contributed by atoms with E-state index in [4.69, 9.17) is 16.3 Å². The van der Waals surface area contributed by atoms with Gasteiger partial charge in [-0.05, 0) is 18.6 Å². The van der Waals surface area contributed by atoms with Crippen LogP contribution in [0, 0.1) is 0 Å². The van der Waals surface area contributed by atoms with Crippen LogP contribution >= 0.6 is 11.6 Å². The zero-order chi connectivity index (χ0) is 10.6. The molecule has 0 spiro atoms. The van der Waals surface area contributed by atoms with Crippen molar-refractivity contribution in [1.82, 2.24) is 4.98 Å². The highest BCUT2D eigenvalue weighted by atomic mass is 35.5. The van der Waals surface area contributed by atoms with E-state index in [9.17, 15) is 5.11 Å².